The molecule has 20 heavy (non-hydrogen) atoms. The molecule has 3 heteroatoms. The second-order valence-corrected chi connectivity index (χ2v) is 4.69. The van der Waals surface area contributed by atoms with Crippen LogP contribution < -0.4 is 0 Å². The van der Waals surface area contributed by atoms with E-state index in [1.807, 2.05) is 24.3 Å². The minimum absolute atomic E-state index is 0.171. The average Bonchev–Trinajstić information content (AvgIpc) is 2.48. The molecule has 0 aliphatic rings. The van der Waals surface area contributed by atoms with Crippen LogP contribution in [0, 0.1) is 22.7 Å². The fraction of sp³-hybridized carbons (Fsp3) is 0.176. The van der Waals surface area contributed by atoms with Gasteiger partial charge >= 0.3 is 0 Å². The third kappa shape index (κ3) is 2.85. The SMILES string of the molecule is CC(O)C(c1ccc(C#N)cc1)c1ccc(C#N)cc1. The van der Waals surface area contributed by atoms with E-state index in [0.717, 1.165) is 11.1 Å². The molecule has 1 N–H and O–H groups in total. The van der Waals surface area contributed by atoms with Gasteiger partial charge in [-0.2, -0.15) is 10.5 Å². The maximum atomic E-state index is 10.0. The lowest BCUT2D eigenvalue weighted by molar-refractivity contribution is 0.176. The minimum atomic E-state index is -0.559. The summed E-state index contributed by atoms with van der Waals surface area (Å²) in [7, 11) is 0. The van der Waals surface area contributed by atoms with Crippen molar-refractivity contribution in [3.8, 4) is 12.1 Å². The Kier molecular flexibility index (Phi) is 4.15. The molecule has 0 aliphatic carbocycles. The molecule has 2 aromatic carbocycles. The molecule has 98 valence electrons. The number of nitriles is 2. The summed E-state index contributed by atoms with van der Waals surface area (Å²) in [6.07, 6.45) is -0.559. The zero-order valence-electron chi connectivity index (χ0n) is 11.1. The predicted octanol–water partition coefficient (Wildman–Crippen LogP) is 2.94. The third-order valence-corrected chi connectivity index (χ3v) is 3.28. The third-order valence-electron chi connectivity index (χ3n) is 3.28. The minimum Gasteiger partial charge on any atom is -0.392 e. The number of aliphatic hydroxyl groups is 1. The van der Waals surface area contributed by atoms with Crippen LogP contribution in [0.3, 0.4) is 0 Å². The van der Waals surface area contributed by atoms with Crippen molar-refractivity contribution in [3.05, 3.63) is 70.8 Å². The zero-order chi connectivity index (χ0) is 14.5. The van der Waals surface area contributed by atoms with Gasteiger partial charge in [0, 0.05) is 5.92 Å². The molecular formula is C17H14N2O. The van der Waals surface area contributed by atoms with Gasteiger partial charge in [-0.3, -0.25) is 0 Å². The monoisotopic (exact) mass is 262 g/mol. The van der Waals surface area contributed by atoms with E-state index >= 15 is 0 Å². The first-order chi connectivity index (χ1) is 9.65. The first kappa shape index (κ1) is 13.8. The molecule has 0 aromatic heterocycles. The van der Waals surface area contributed by atoms with Crippen LogP contribution in [0.2, 0.25) is 0 Å². The molecule has 0 spiro atoms. The first-order valence-corrected chi connectivity index (χ1v) is 6.34. The second kappa shape index (κ2) is 6.02. The Morgan fingerprint density at radius 3 is 1.40 bits per heavy atom. The highest BCUT2D eigenvalue weighted by Gasteiger charge is 2.19. The van der Waals surface area contributed by atoms with Crippen LogP contribution >= 0.6 is 0 Å². The summed E-state index contributed by atoms with van der Waals surface area (Å²) in [5, 5.41) is 27.7. The van der Waals surface area contributed by atoms with Crippen molar-refractivity contribution < 1.29 is 5.11 Å². The molecule has 1 unspecified atom stereocenters. The molecule has 0 heterocycles. The molecule has 0 amide bonds. The molecule has 3 nitrogen and oxygen atoms in total. The summed E-state index contributed by atoms with van der Waals surface area (Å²) >= 11 is 0. The van der Waals surface area contributed by atoms with Gasteiger partial charge in [-0.25, -0.2) is 0 Å². The average molecular weight is 262 g/mol. The van der Waals surface area contributed by atoms with Crippen molar-refractivity contribution in [3.63, 3.8) is 0 Å². The maximum absolute atomic E-state index is 10.0. The van der Waals surface area contributed by atoms with Gasteiger partial charge in [0.25, 0.3) is 0 Å². The quantitative estimate of drug-likeness (QED) is 0.924. The highest BCUT2D eigenvalue weighted by atomic mass is 16.3. The molecule has 0 fully saturated rings. The summed E-state index contributed by atoms with van der Waals surface area (Å²) < 4.78 is 0. The molecule has 0 bridgehead atoms. The van der Waals surface area contributed by atoms with Crippen molar-refractivity contribution in [1.82, 2.24) is 0 Å². The zero-order valence-corrected chi connectivity index (χ0v) is 11.1. The summed E-state index contributed by atoms with van der Waals surface area (Å²) in [4.78, 5) is 0. The molecule has 0 radical (unpaired) electrons. The summed E-state index contributed by atoms with van der Waals surface area (Å²) in [5.74, 6) is -0.171. The van der Waals surface area contributed by atoms with Crippen molar-refractivity contribution in [2.24, 2.45) is 0 Å². The Labute approximate surface area is 118 Å². The van der Waals surface area contributed by atoms with E-state index < -0.39 is 6.10 Å². The van der Waals surface area contributed by atoms with Crippen LogP contribution in [0.4, 0.5) is 0 Å². The molecule has 0 aliphatic heterocycles. The van der Waals surface area contributed by atoms with E-state index in [0.29, 0.717) is 11.1 Å². The highest BCUT2D eigenvalue weighted by Crippen LogP contribution is 2.28. The van der Waals surface area contributed by atoms with E-state index in [9.17, 15) is 5.11 Å². The molecule has 2 aromatic rings. The van der Waals surface area contributed by atoms with Crippen molar-refractivity contribution in [2.45, 2.75) is 18.9 Å². The van der Waals surface area contributed by atoms with E-state index in [-0.39, 0.29) is 5.92 Å². The lowest BCUT2D eigenvalue weighted by Gasteiger charge is -2.21. The van der Waals surface area contributed by atoms with Crippen molar-refractivity contribution >= 4 is 0 Å². The van der Waals surface area contributed by atoms with Gasteiger partial charge in [-0.05, 0) is 42.3 Å². The van der Waals surface area contributed by atoms with Gasteiger partial charge in [0.15, 0.2) is 0 Å². The molecule has 0 saturated heterocycles. The topological polar surface area (TPSA) is 67.8 Å². The first-order valence-electron chi connectivity index (χ1n) is 6.34. The van der Waals surface area contributed by atoms with E-state index in [2.05, 4.69) is 12.1 Å². The van der Waals surface area contributed by atoms with Gasteiger partial charge in [-0.1, -0.05) is 24.3 Å². The summed E-state index contributed by atoms with van der Waals surface area (Å²) in [6, 6.07) is 18.6. The number of rotatable bonds is 3. The van der Waals surface area contributed by atoms with Crippen LogP contribution in [0.25, 0.3) is 0 Å². The van der Waals surface area contributed by atoms with Gasteiger partial charge in [-0.15, -0.1) is 0 Å². The molecule has 0 saturated carbocycles. The van der Waals surface area contributed by atoms with E-state index in [1.54, 1.807) is 31.2 Å². The Bertz CT molecular complexity index is 601. The molecular weight excluding hydrogens is 248 g/mol. The Morgan fingerprint density at radius 2 is 1.15 bits per heavy atom. The number of aliphatic hydroxyl groups excluding tert-OH is 1. The Morgan fingerprint density at radius 1 is 0.800 bits per heavy atom. The normalized spacial score (nSPS) is 11.7. The lowest BCUT2D eigenvalue weighted by atomic mass is 9.86. The van der Waals surface area contributed by atoms with Crippen LogP contribution in [-0.2, 0) is 0 Å². The smallest absolute Gasteiger partial charge is 0.0991 e. The van der Waals surface area contributed by atoms with E-state index in [4.69, 9.17) is 10.5 Å². The fourth-order valence-electron chi connectivity index (χ4n) is 2.28. The van der Waals surface area contributed by atoms with Crippen molar-refractivity contribution in [2.75, 3.05) is 0 Å². The Balaban J connectivity index is 2.39. The van der Waals surface area contributed by atoms with Gasteiger partial charge in [0.2, 0.25) is 0 Å². The highest BCUT2D eigenvalue weighted by molar-refractivity contribution is 5.40. The van der Waals surface area contributed by atoms with Gasteiger partial charge in [0.05, 0.1) is 29.4 Å². The molecule has 2 rings (SSSR count). The standard InChI is InChI=1S/C17H14N2O/c1-12(20)17(15-6-2-13(10-18)3-7-15)16-8-4-14(11-19)5-9-16/h2-9,12,17,20H,1H3. The summed E-state index contributed by atoms with van der Waals surface area (Å²) in [5.41, 5.74) is 3.09. The van der Waals surface area contributed by atoms with Gasteiger partial charge < -0.3 is 5.11 Å². The Hall–Kier alpha value is -2.62. The fourth-order valence-corrected chi connectivity index (χ4v) is 2.28. The van der Waals surface area contributed by atoms with Crippen LogP contribution in [0.1, 0.15) is 35.1 Å². The van der Waals surface area contributed by atoms with Crippen LogP contribution in [0.5, 0.6) is 0 Å². The number of hydrogen-bond acceptors (Lipinski definition) is 3. The van der Waals surface area contributed by atoms with Crippen molar-refractivity contribution in [1.29, 1.82) is 10.5 Å². The molecule has 1 atom stereocenters. The number of hydrogen-bond donors (Lipinski definition) is 1. The van der Waals surface area contributed by atoms with Gasteiger partial charge in [0.1, 0.15) is 0 Å². The number of benzene rings is 2. The maximum Gasteiger partial charge on any atom is 0.0991 e. The lowest BCUT2D eigenvalue weighted by Crippen LogP contribution is -2.16. The predicted molar refractivity (Wildman–Crippen MR) is 75.8 cm³/mol. The van der Waals surface area contributed by atoms with Crippen LogP contribution in [-0.4, -0.2) is 11.2 Å². The summed E-state index contributed by atoms with van der Waals surface area (Å²) in [6.45, 7) is 1.74. The largest absolute Gasteiger partial charge is 0.392 e. The second-order valence-electron chi connectivity index (χ2n) is 4.69. The van der Waals surface area contributed by atoms with E-state index in [1.165, 1.54) is 0 Å². The number of nitrogens with zero attached hydrogens (tertiary/aromatic N) is 2. The van der Waals surface area contributed by atoms with Crippen LogP contribution in [0.15, 0.2) is 48.5 Å².